The van der Waals surface area contributed by atoms with Crippen molar-refractivity contribution in [2.24, 2.45) is 0 Å². The zero-order valence-corrected chi connectivity index (χ0v) is 15.7. The van der Waals surface area contributed by atoms with E-state index in [-0.39, 0.29) is 39.4 Å². The molecule has 3 rings (SSSR count). The average molecular weight is 459 g/mol. The van der Waals surface area contributed by atoms with Gasteiger partial charge in [-0.3, -0.25) is 0 Å². The van der Waals surface area contributed by atoms with Crippen LogP contribution < -0.4 is 0 Å². The van der Waals surface area contributed by atoms with Crippen LogP contribution in [0, 0.1) is 87.8 Å². The van der Waals surface area contributed by atoms with E-state index < -0.39 is 0 Å². The zero-order chi connectivity index (χ0) is 20.2. The maximum Gasteiger partial charge on any atom is 0 e. The predicted octanol–water partition coefficient (Wildman–Crippen LogP) is 1.18. The van der Waals surface area contributed by atoms with Gasteiger partial charge in [-0.25, -0.2) is 11.6 Å². The van der Waals surface area contributed by atoms with Crippen molar-refractivity contribution in [1.29, 1.82) is 0 Å². The summed E-state index contributed by atoms with van der Waals surface area (Å²) < 4.78 is 30.0. The number of aromatic nitrogens is 3. The Morgan fingerprint density at radius 1 is 0.630 bits per heavy atom. The van der Waals surface area contributed by atoms with E-state index >= 15 is 0 Å². The van der Waals surface area contributed by atoms with Crippen LogP contribution in [0.2, 0.25) is 5.28 Å². The molecular formula is C17H2ClFe2N3O4-12. The topological polar surface area (TPSA) is 118 Å². The van der Waals surface area contributed by atoms with Crippen molar-refractivity contribution in [2.45, 2.75) is 0 Å². The number of halogens is 1. The molecule has 0 fully saturated rings. The SMILES string of the molecule is Clc1n[c-]n[c-]n1.[C-]#[O+].[C-]#[O+].[C-]#[O+].[C-]#[O+].[Fe].[Fe].[c-]1[c-][c-][cH-][c-]1.[c-]1[c-][c-][cH-][c-]1. The Kier molecular flexibility index (Phi) is 73.3. The van der Waals surface area contributed by atoms with Crippen LogP contribution in [0.4, 0.5) is 0 Å². The molecule has 27 heavy (non-hydrogen) atoms. The van der Waals surface area contributed by atoms with Crippen LogP contribution in [0.25, 0.3) is 0 Å². The van der Waals surface area contributed by atoms with Crippen LogP contribution in [0.5, 0.6) is 0 Å². The first kappa shape index (κ1) is 39.9. The molecule has 1 aromatic heterocycles. The molecule has 10 heteroatoms. The van der Waals surface area contributed by atoms with Gasteiger partial charge in [-0.15, -0.1) is 0 Å². The van der Waals surface area contributed by atoms with E-state index in [2.05, 4.69) is 103 Å². The molecule has 0 aliphatic heterocycles. The van der Waals surface area contributed by atoms with Gasteiger partial charge in [0, 0.05) is 34.1 Å². The van der Waals surface area contributed by atoms with Crippen LogP contribution in [0.3, 0.4) is 0 Å². The van der Waals surface area contributed by atoms with Crippen LogP contribution in [0.1, 0.15) is 0 Å². The Balaban J connectivity index is -0.0000000506. The molecule has 144 valence electrons. The minimum atomic E-state index is 0. The van der Waals surface area contributed by atoms with Crippen molar-refractivity contribution in [2.75, 3.05) is 0 Å². The Hall–Kier alpha value is -2.00. The molecule has 0 spiro atoms. The Labute approximate surface area is 184 Å². The molecule has 7 nitrogen and oxygen atoms in total. The van der Waals surface area contributed by atoms with Crippen LogP contribution in [0.15, 0.2) is 12.1 Å². The number of hydrogen-bond donors (Lipinski definition) is 0. The van der Waals surface area contributed by atoms with E-state index in [1.54, 1.807) is 12.1 Å². The third kappa shape index (κ3) is 45.4. The number of nitrogens with zero attached hydrogens (tertiary/aromatic N) is 3. The summed E-state index contributed by atoms with van der Waals surface area (Å²) in [4.78, 5) is 10.0. The van der Waals surface area contributed by atoms with Gasteiger partial charge >= 0.3 is 45.2 Å². The summed E-state index contributed by atoms with van der Waals surface area (Å²) >= 11 is 5.21. The molecule has 3 aromatic rings. The van der Waals surface area contributed by atoms with E-state index in [0.29, 0.717) is 0 Å². The van der Waals surface area contributed by atoms with Crippen molar-refractivity contribution < 1.29 is 52.7 Å². The van der Waals surface area contributed by atoms with Crippen molar-refractivity contribution in [3.8, 4) is 0 Å². The second kappa shape index (κ2) is 49.6. The summed E-state index contributed by atoms with van der Waals surface area (Å²) in [5, 5.41) is 0.120. The fraction of sp³-hybridized carbons (Fsp3) is 0. The summed E-state index contributed by atoms with van der Waals surface area (Å²) in [7, 11) is 0. The monoisotopic (exact) mass is 459 g/mol. The van der Waals surface area contributed by atoms with Crippen molar-refractivity contribution >= 4 is 11.6 Å². The summed E-state index contributed by atoms with van der Waals surface area (Å²) in [5.74, 6) is 0. The smallest absolute Gasteiger partial charge is 0 e. The van der Waals surface area contributed by atoms with E-state index in [9.17, 15) is 0 Å². The molecule has 0 N–H and O–H groups in total. The molecular weight excluding hydrogens is 457 g/mol. The number of rotatable bonds is 0. The van der Waals surface area contributed by atoms with Gasteiger partial charge in [-0.05, 0) is 5.28 Å². The second-order valence-electron chi connectivity index (χ2n) is 2.17. The third-order valence-corrected chi connectivity index (χ3v) is 1.26. The van der Waals surface area contributed by atoms with Crippen LogP contribution in [-0.4, -0.2) is 15.0 Å². The van der Waals surface area contributed by atoms with Gasteiger partial charge in [0.2, 0.25) is 0 Å². The molecule has 0 aliphatic rings. The predicted molar refractivity (Wildman–Crippen MR) is 73.0 cm³/mol. The van der Waals surface area contributed by atoms with Crippen LogP contribution in [-0.2, 0) is 52.7 Å². The molecule has 0 atom stereocenters. The Bertz CT molecular complexity index is 529. The molecule has 0 aliphatic carbocycles. The number of hydrogen-bond acceptors (Lipinski definition) is 3. The summed E-state index contributed by atoms with van der Waals surface area (Å²) in [6.07, 6.45) is 4.42. The molecule has 0 bridgehead atoms. The van der Waals surface area contributed by atoms with E-state index in [1.165, 1.54) is 0 Å². The zero-order valence-electron chi connectivity index (χ0n) is 12.7. The van der Waals surface area contributed by atoms with Gasteiger partial charge in [0.25, 0.3) is 0 Å². The fourth-order valence-corrected chi connectivity index (χ4v) is 0.616. The van der Waals surface area contributed by atoms with Crippen molar-refractivity contribution in [3.05, 3.63) is 105 Å². The van der Waals surface area contributed by atoms with Gasteiger partial charge in [0.15, 0.2) is 0 Å². The van der Waals surface area contributed by atoms with Crippen LogP contribution >= 0.6 is 11.6 Å². The van der Waals surface area contributed by atoms with E-state index in [0.717, 1.165) is 0 Å². The van der Waals surface area contributed by atoms with Gasteiger partial charge in [0.1, 0.15) is 0 Å². The summed E-state index contributed by atoms with van der Waals surface area (Å²) in [6, 6.07) is 24.0. The molecule has 0 saturated heterocycles. The maximum atomic E-state index is 7.50. The molecule has 0 unspecified atom stereocenters. The first-order valence-electron chi connectivity index (χ1n) is 5.00. The average Bonchev–Trinajstić information content (AvgIpc) is 3.47. The molecule has 0 radical (unpaired) electrons. The first-order valence-corrected chi connectivity index (χ1v) is 5.38. The second-order valence-corrected chi connectivity index (χ2v) is 2.51. The van der Waals surface area contributed by atoms with Gasteiger partial charge < -0.3 is 75.6 Å². The van der Waals surface area contributed by atoms with Gasteiger partial charge in [0.05, 0.1) is 0 Å². The van der Waals surface area contributed by atoms with Gasteiger partial charge in [-0.2, -0.15) is 12.7 Å². The minimum Gasteiger partial charge on any atom is -0.999 e. The van der Waals surface area contributed by atoms with E-state index in [4.69, 9.17) is 30.2 Å². The largest absolute Gasteiger partial charge is 0.999 e. The molecule has 2 aromatic carbocycles. The summed E-state index contributed by atoms with van der Waals surface area (Å²) in [6.45, 7) is 18.0. The maximum absolute atomic E-state index is 7.50. The first-order chi connectivity index (χ1) is 12.4. The van der Waals surface area contributed by atoms with E-state index in [1.807, 2.05) is 0 Å². The molecule has 1 heterocycles. The molecule has 0 amide bonds. The Morgan fingerprint density at radius 2 is 0.889 bits per heavy atom. The van der Waals surface area contributed by atoms with Gasteiger partial charge in [-0.1, -0.05) is 0 Å². The standard InChI is InChI=1S/2C5H.C3ClN3.4CO.2Fe/c2*1-2-4-5-3-1;4-3-6-1-5-2-7-3;4*1-2;;/h2*1H;;;;;;;/q2*-5;-2;;;;;;. The minimum absolute atomic E-state index is 0. The summed E-state index contributed by atoms with van der Waals surface area (Å²) in [5.41, 5.74) is 0. The van der Waals surface area contributed by atoms with Crippen molar-refractivity contribution in [1.82, 2.24) is 15.0 Å². The molecule has 0 saturated carbocycles. The fourth-order valence-electron chi connectivity index (χ4n) is 0.541. The quantitative estimate of drug-likeness (QED) is 0.285. The Morgan fingerprint density at radius 3 is 1.00 bits per heavy atom. The third-order valence-electron chi connectivity index (χ3n) is 1.09. The van der Waals surface area contributed by atoms with Crippen molar-refractivity contribution in [3.63, 3.8) is 0 Å². The normalized spacial score (nSPS) is 5.52.